The van der Waals surface area contributed by atoms with Gasteiger partial charge in [0.1, 0.15) is 5.82 Å². The number of rotatable bonds is 4. The molecule has 0 unspecified atom stereocenters. The van der Waals surface area contributed by atoms with Gasteiger partial charge in [0.15, 0.2) is 15.7 Å². The summed E-state index contributed by atoms with van der Waals surface area (Å²) in [5.41, 5.74) is 0.869. The number of aromatic nitrogens is 3. The first-order valence-corrected chi connectivity index (χ1v) is 9.56. The Hall–Kier alpha value is -1.66. The van der Waals surface area contributed by atoms with Crippen LogP contribution in [-0.4, -0.2) is 28.9 Å². The Kier molecular flexibility index (Phi) is 4.29. The molecule has 1 aliphatic rings. The van der Waals surface area contributed by atoms with Gasteiger partial charge in [0.25, 0.3) is 0 Å². The summed E-state index contributed by atoms with van der Waals surface area (Å²) in [5.74, 6) is 1.79. The van der Waals surface area contributed by atoms with Crippen molar-refractivity contribution in [1.82, 2.24) is 14.8 Å². The second kappa shape index (κ2) is 6.09. The number of sulfone groups is 1. The number of halogens is 1. The van der Waals surface area contributed by atoms with E-state index in [4.69, 9.17) is 11.6 Å². The van der Waals surface area contributed by atoms with Crippen molar-refractivity contribution in [2.24, 2.45) is 5.92 Å². The van der Waals surface area contributed by atoms with Crippen molar-refractivity contribution in [2.45, 2.75) is 26.2 Å². The van der Waals surface area contributed by atoms with Crippen LogP contribution in [0.2, 0.25) is 5.02 Å². The summed E-state index contributed by atoms with van der Waals surface area (Å²) >= 11 is 5.94. The monoisotopic (exact) mass is 351 g/mol. The molecule has 0 radical (unpaired) electrons. The molecule has 5 nitrogen and oxygen atoms in total. The smallest absolute Gasteiger partial charge is 0.171 e. The Bertz CT molecular complexity index is 839. The summed E-state index contributed by atoms with van der Waals surface area (Å²) in [7, 11) is -3.06. The molecule has 7 heteroatoms. The molecule has 2 aromatic rings. The summed E-state index contributed by atoms with van der Waals surface area (Å²) in [6, 6.07) is 7.37. The van der Waals surface area contributed by atoms with Gasteiger partial charge >= 0.3 is 0 Å². The van der Waals surface area contributed by atoms with Crippen LogP contribution in [-0.2, 0) is 16.3 Å². The maximum atomic E-state index is 11.6. The van der Waals surface area contributed by atoms with Crippen LogP contribution in [0.25, 0.3) is 5.69 Å². The maximum Gasteiger partial charge on any atom is 0.171 e. The van der Waals surface area contributed by atoms with Gasteiger partial charge in [-0.05, 0) is 30.2 Å². The summed E-state index contributed by atoms with van der Waals surface area (Å²) < 4.78 is 25.0. The van der Waals surface area contributed by atoms with E-state index in [1.807, 2.05) is 26.0 Å². The van der Waals surface area contributed by atoms with Crippen molar-refractivity contribution >= 4 is 21.4 Å². The van der Waals surface area contributed by atoms with E-state index in [1.165, 1.54) is 5.41 Å². The third-order valence-corrected chi connectivity index (χ3v) is 5.44. The predicted octanol–water partition coefficient (Wildman–Crippen LogP) is 3.14. The van der Waals surface area contributed by atoms with E-state index in [9.17, 15) is 8.42 Å². The van der Waals surface area contributed by atoms with Crippen molar-refractivity contribution in [3.63, 3.8) is 0 Å². The molecule has 122 valence electrons. The van der Waals surface area contributed by atoms with E-state index < -0.39 is 9.84 Å². The minimum atomic E-state index is -3.06. The molecule has 1 aromatic heterocycles. The van der Waals surface area contributed by atoms with Crippen LogP contribution < -0.4 is 0 Å². The van der Waals surface area contributed by atoms with E-state index in [-0.39, 0.29) is 17.6 Å². The molecule has 0 N–H and O–H groups in total. The lowest BCUT2D eigenvalue weighted by Gasteiger charge is -2.08. The van der Waals surface area contributed by atoms with Crippen LogP contribution in [0.1, 0.15) is 31.4 Å². The lowest BCUT2D eigenvalue weighted by Crippen LogP contribution is -2.12. The number of hydrogen-bond donors (Lipinski definition) is 0. The van der Waals surface area contributed by atoms with E-state index >= 15 is 0 Å². The Labute approximate surface area is 140 Å². The quantitative estimate of drug-likeness (QED) is 0.848. The zero-order chi connectivity index (χ0) is 16.6. The maximum absolute atomic E-state index is 11.6. The number of hydrogen-bond acceptors (Lipinski definition) is 4. The van der Waals surface area contributed by atoms with Gasteiger partial charge in [-0.2, -0.15) is 5.10 Å². The first-order valence-electron chi connectivity index (χ1n) is 7.47. The van der Waals surface area contributed by atoms with Crippen molar-refractivity contribution in [3.8, 4) is 5.69 Å². The molecule has 0 saturated carbocycles. The van der Waals surface area contributed by atoms with Gasteiger partial charge in [-0.3, -0.25) is 0 Å². The molecule has 1 aliphatic heterocycles. The normalized spacial score (nSPS) is 19.6. The lowest BCUT2D eigenvalue weighted by atomic mass is 10.1. The molecule has 0 saturated heterocycles. The van der Waals surface area contributed by atoms with E-state index in [2.05, 4.69) is 10.1 Å². The van der Waals surface area contributed by atoms with Crippen molar-refractivity contribution in [1.29, 1.82) is 0 Å². The third kappa shape index (κ3) is 3.64. The van der Waals surface area contributed by atoms with Gasteiger partial charge in [-0.25, -0.2) is 18.1 Å². The molecule has 1 atom stereocenters. The summed E-state index contributed by atoms with van der Waals surface area (Å²) in [6.45, 7) is 4.07. The number of nitrogens with zero attached hydrogens (tertiary/aromatic N) is 3. The van der Waals surface area contributed by atoms with Crippen molar-refractivity contribution in [3.05, 3.63) is 52.4 Å². The second-order valence-electron chi connectivity index (χ2n) is 6.05. The number of allylic oxidation sites excluding steroid dienone is 1. The molecule has 0 aliphatic carbocycles. The zero-order valence-corrected chi connectivity index (χ0v) is 14.5. The molecule has 2 heterocycles. The van der Waals surface area contributed by atoms with E-state index in [0.29, 0.717) is 11.4 Å². The molecular weight excluding hydrogens is 334 g/mol. The predicted molar refractivity (Wildman–Crippen MR) is 90.6 cm³/mol. The Balaban J connectivity index is 1.95. The first kappa shape index (κ1) is 16.2. The highest BCUT2D eigenvalue weighted by Gasteiger charge is 2.25. The Morgan fingerprint density at radius 2 is 2.00 bits per heavy atom. The average Bonchev–Trinajstić information content (AvgIpc) is 3.04. The zero-order valence-electron chi connectivity index (χ0n) is 13.0. The summed E-state index contributed by atoms with van der Waals surface area (Å²) in [6.07, 6.45) is 2.28. The Morgan fingerprint density at radius 3 is 2.57 bits per heavy atom. The van der Waals surface area contributed by atoms with Crippen molar-refractivity contribution in [2.75, 3.05) is 5.75 Å². The van der Waals surface area contributed by atoms with Crippen LogP contribution in [0.5, 0.6) is 0 Å². The van der Waals surface area contributed by atoms with Crippen LogP contribution in [0, 0.1) is 5.92 Å². The highest BCUT2D eigenvalue weighted by Crippen LogP contribution is 2.23. The topological polar surface area (TPSA) is 64.8 Å². The molecule has 23 heavy (non-hydrogen) atoms. The Morgan fingerprint density at radius 1 is 1.30 bits per heavy atom. The highest BCUT2D eigenvalue weighted by molar-refractivity contribution is 7.94. The minimum Gasteiger partial charge on any atom is -0.224 e. The lowest BCUT2D eigenvalue weighted by molar-refractivity contribution is 0.593. The third-order valence-electron chi connectivity index (χ3n) is 3.73. The van der Waals surface area contributed by atoms with Gasteiger partial charge in [0.05, 0.1) is 11.4 Å². The van der Waals surface area contributed by atoms with E-state index in [1.54, 1.807) is 22.9 Å². The summed E-state index contributed by atoms with van der Waals surface area (Å²) in [4.78, 5) is 4.61. The van der Waals surface area contributed by atoms with Gasteiger partial charge in [-0.15, -0.1) is 0 Å². The van der Waals surface area contributed by atoms with Crippen LogP contribution in [0.3, 0.4) is 0 Å². The second-order valence-corrected chi connectivity index (χ2v) is 8.42. The molecule has 1 aromatic carbocycles. The fourth-order valence-corrected chi connectivity index (χ4v) is 4.05. The largest absolute Gasteiger partial charge is 0.224 e. The van der Waals surface area contributed by atoms with Gasteiger partial charge < -0.3 is 0 Å². The molecule has 0 bridgehead atoms. The average molecular weight is 352 g/mol. The standard InChI is InChI=1S/C16H18ClN3O2S/c1-11(2)16-18-15(9-12-7-8-23(21,22)10-12)20(19-16)14-5-3-13(17)4-6-14/h3-8,11-12H,9-10H2,1-2H3/t12-/m0/s1. The highest BCUT2D eigenvalue weighted by atomic mass is 35.5. The first-order chi connectivity index (χ1) is 10.8. The van der Waals surface area contributed by atoms with Crippen molar-refractivity contribution < 1.29 is 8.42 Å². The fourth-order valence-electron chi connectivity index (χ4n) is 2.53. The van der Waals surface area contributed by atoms with Gasteiger partial charge in [0.2, 0.25) is 0 Å². The molecule has 3 rings (SSSR count). The summed E-state index contributed by atoms with van der Waals surface area (Å²) in [5, 5.41) is 6.53. The van der Waals surface area contributed by atoms with Gasteiger partial charge in [-0.1, -0.05) is 31.5 Å². The molecule has 0 amide bonds. The molecule has 0 fully saturated rings. The van der Waals surface area contributed by atoms with E-state index in [0.717, 1.165) is 17.3 Å². The minimum absolute atomic E-state index is 0.0599. The van der Waals surface area contributed by atoms with Crippen LogP contribution >= 0.6 is 11.6 Å². The molecular formula is C16H18ClN3O2S. The fraction of sp³-hybridized carbons (Fsp3) is 0.375. The molecule has 0 spiro atoms. The number of benzene rings is 1. The van der Waals surface area contributed by atoms with Crippen LogP contribution in [0.15, 0.2) is 35.7 Å². The van der Waals surface area contributed by atoms with Crippen LogP contribution in [0.4, 0.5) is 0 Å². The van der Waals surface area contributed by atoms with Gasteiger partial charge in [0, 0.05) is 22.8 Å². The SMILES string of the molecule is CC(C)c1nc(C[C@@H]2C=CS(=O)(=O)C2)n(-c2ccc(Cl)cc2)n1.